The Hall–Kier alpha value is -7.03. The maximum Gasteiger partial charge on any atom is 0.326 e. The Morgan fingerprint density at radius 1 is 0.352 bits per heavy atom. The van der Waals surface area contributed by atoms with Crippen molar-refractivity contribution in [2.24, 2.45) is 5.73 Å². The van der Waals surface area contributed by atoms with E-state index in [0.717, 1.165) is 44.9 Å². The molecule has 0 saturated carbocycles. The number of hydrogen-bond donors (Lipinski definition) is 14. The molecule has 0 aromatic rings. The topological polar surface area (TPSA) is 474 Å². The standard InChI is InChI=1S/C59H105BN10O21/c1-2-42(55(61)80)69-56(81)43(70-60)20-17-18-30-62-48(72)27-24-45(58(84)85)67-51(75)29-26-46(59(86)87)68-53(77)41-91-39-37-89-35-33-65-52(76)40-90-38-36-88-34-32-64-49(73)28-25-44(57(82)83)66-50(74)22-19-31-63-47(71)21-15-13-11-9-7-5-3-4-6-8-10-12-14-16-23-54(78)79/h42-46,70H,2-41,60H2,1H3,(H2,61,80)(H,62,72)(H,63,71)(H,64,73)(H,65,76)(H,66,74)(H,67,75)(H,68,77)(H,69,81)(H,78,79)(H,82,83)(H,84,85)(H,86,87)/t42-,43-,44-,45-,46-/m0/s1. The van der Waals surface area contributed by atoms with E-state index < -0.39 is 108 Å². The Morgan fingerprint density at radius 2 is 0.714 bits per heavy atom. The first-order valence-electron chi connectivity index (χ1n) is 32.0. The van der Waals surface area contributed by atoms with Crippen LogP contribution in [0.1, 0.15) is 187 Å². The summed E-state index contributed by atoms with van der Waals surface area (Å²) in [4.78, 5) is 156. The molecule has 0 fully saturated rings. The second-order valence-corrected chi connectivity index (χ2v) is 21.9. The molecule has 0 bridgehead atoms. The molecular weight excluding hydrogens is 1200 g/mol. The number of nitrogens with two attached hydrogens (primary N) is 1. The maximum absolute atomic E-state index is 12.6. The van der Waals surface area contributed by atoms with Gasteiger partial charge in [-0.25, -0.2) is 14.4 Å². The number of ether oxygens (including phenoxy) is 4. The van der Waals surface area contributed by atoms with Crippen molar-refractivity contribution in [1.29, 1.82) is 0 Å². The lowest BCUT2D eigenvalue weighted by Gasteiger charge is -2.20. The smallest absolute Gasteiger partial charge is 0.326 e. The average Bonchev–Trinajstić information content (AvgIpc) is 3.47. The van der Waals surface area contributed by atoms with Crippen molar-refractivity contribution < 1.29 is 102 Å². The van der Waals surface area contributed by atoms with Crippen LogP contribution in [-0.2, 0) is 81.3 Å². The van der Waals surface area contributed by atoms with E-state index in [4.69, 9.17) is 29.8 Å². The summed E-state index contributed by atoms with van der Waals surface area (Å²) in [6, 6.07) is -5.61. The van der Waals surface area contributed by atoms with Crippen molar-refractivity contribution >= 4 is 85.0 Å². The second kappa shape index (κ2) is 55.8. The van der Waals surface area contributed by atoms with Gasteiger partial charge in [-0.2, -0.15) is 0 Å². The summed E-state index contributed by atoms with van der Waals surface area (Å²) < 4.78 is 21.2. The van der Waals surface area contributed by atoms with Gasteiger partial charge in [0.25, 0.3) is 0 Å². The van der Waals surface area contributed by atoms with E-state index in [1.54, 1.807) is 14.9 Å². The molecule has 0 radical (unpaired) electrons. The minimum Gasteiger partial charge on any atom is -0.481 e. The number of hydrogen-bond acceptors (Lipinski definition) is 18. The largest absolute Gasteiger partial charge is 0.481 e. The van der Waals surface area contributed by atoms with Gasteiger partial charge in [-0.15, -0.1) is 0 Å². The first kappa shape index (κ1) is 84.0. The molecule has 91 heavy (non-hydrogen) atoms. The van der Waals surface area contributed by atoms with Crippen molar-refractivity contribution in [3.05, 3.63) is 0 Å². The van der Waals surface area contributed by atoms with Crippen LogP contribution >= 0.6 is 0 Å². The highest BCUT2D eigenvalue weighted by molar-refractivity contribution is 6.07. The molecule has 0 rings (SSSR count). The number of carbonyl (C=O) groups excluding carboxylic acids is 9. The van der Waals surface area contributed by atoms with E-state index in [1.165, 1.54) is 44.9 Å². The third kappa shape index (κ3) is 50.3. The summed E-state index contributed by atoms with van der Waals surface area (Å²) in [6.45, 7) is 1.97. The molecule has 0 aromatic carbocycles. The molecule has 0 heterocycles. The average molecular weight is 1300 g/mol. The van der Waals surface area contributed by atoms with E-state index in [-0.39, 0.29) is 129 Å². The maximum atomic E-state index is 12.6. The van der Waals surface area contributed by atoms with Gasteiger partial charge in [0.05, 0.1) is 45.7 Å². The predicted molar refractivity (Wildman–Crippen MR) is 333 cm³/mol. The van der Waals surface area contributed by atoms with Crippen LogP contribution in [0.5, 0.6) is 0 Å². The lowest BCUT2D eigenvalue weighted by molar-refractivity contribution is -0.144. The monoisotopic (exact) mass is 1300 g/mol. The molecule has 31 nitrogen and oxygen atoms in total. The molecule has 0 spiro atoms. The van der Waals surface area contributed by atoms with Crippen LogP contribution in [0, 0.1) is 0 Å². The Balaban J connectivity index is 4.03. The van der Waals surface area contributed by atoms with Gasteiger partial charge in [0.1, 0.15) is 37.4 Å². The van der Waals surface area contributed by atoms with Crippen LogP contribution in [0.2, 0.25) is 0 Å². The van der Waals surface area contributed by atoms with Crippen LogP contribution in [-0.4, -0.2) is 215 Å². The summed E-state index contributed by atoms with van der Waals surface area (Å²) >= 11 is 0. The molecule has 0 aliphatic rings. The molecule has 32 heteroatoms. The highest BCUT2D eigenvalue weighted by Crippen LogP contribution is 2.14. The van der Waals surface area contributed by atoms with Crippen molar-refractivity contribution in [1.82, 2.24) is 47.8 Å². The summed E-state index contributed by atoms with van der Waals surface area (Å²) in [5.74, 6) is -9.46. The van der Waals surface area contributed by atoms with E-state index in [1.807, 2.05) is 0 Å². The Kier molecular flexibility index (Phi) is 51.5. The zero-order valence-corrected chi connectivity index (χ0v) is 53.5. The molecule has 0 aliphatic carbocycles. The van der Waals surface area contributed by atoms with Crippen molar-refractivity contribution in [3.63, 3.8) is 0 Å². The summed E-state index contributed by atoms with van der Waals surface area (Å²) in [7, 11) is 1.59. The quantitative estimate of drug-likeness (QED) is 0.0275. The summed E-state index contributed by atoms with van der Waals surface area (Å²) in [6.07, 6.45) is 16.4. The van der Waals surface area contributed by atoms with Crippen LogP contribution in [0.4, 0.5) is 0 Å². The third-order valence-corrected chi connectivity index (χ3v) is 14.1. The third-order valence-electron chi connectivity index (χ3n) is 14.1. The van der Waals surface area contributed by atoms with Crippen LogP contribution < -0.4 is 53.5 Å². The van der Waals surface area contributed by atoms with E-state index in [0.29, 0.717) is 38.5 Å². The minimum absolute atomic E-state index is 0.00641. The fourth-order valence-corrected chi connectivity index (χ4v) is 8.89. The number of aliphatic carboxylic acids is 4. The van der Waals surface area contributed by atoms with Gasteiger partial charge in [-0.05, 0) is 64.2 Å². The number of rotatable bonds is 62. The van der Waals surface area contributed by atoms with Gasteiger partial charge in [0.2, 0.25) is 53.2 Å². The van der Waals surface area contributed by atoms with Crippen molar-refractivity contribution in [3.8, 4) is 0 Å². The lowest BCUT2D eigenvalue weighted by Crippen LogP contribution is -2.51. The molecule has 520 valence electrons. The van der Waals surface area contributed by atoms with E-state index in [9.17, 15) is 77.6 Å². The molecule has 0 saturated heterocycles. The lowest BCUT2D eigenvalue weighted by atomic mass is 10.0. The van der Waals surface area contributed by atoms with Crippen molar-refractivity contribution in [2.45, 2.75) is 217 Å². The number of primary amides is 1. The van der Waals surface area contributed by atoms with Gasteiger partial charge < -0.3 is 92.9 Å². The van der Waals surface area contributed by atoms with E-state index >= 15 is 0 Å². The molecule has 0 unspecified atom stereocenters. The fraction of sp³-hybridized carbons (Fsp3) is 0.780. The molecule has 0 aromatic heterocycles. The van der Waals surface area contributed by atoms with Crippen LogP contribution in [0.3, 0.4) is 0 Å². The van der Waals surface area contributed by atoms with Gasteiger partial charge in [-0.1, -0.05) is 84.0 Å². The van der Waals surface area contributed by atoms with Crippen LogP contribution in [0.15, 0.2) is 0 Å². The van der Waals surface area contributed by atoms with Gasteiger partial charge in [-0.3, -0.25) is 47.9 Å². The number of carboxylic acids is 4. The first-order chi connectivity index (χ1) is 43.6. The molecule has 0 aliphatic heterocycles. The SMILES string of the molecule is BN[C@@H](CCCCNC(=O)CC[C@H](NC(=O)CC[C@H](NC(=O)COCCOCCNC(=O)COCCOCCNC(=O)CC[C@H](NC(=O)CCCNC(=O)CCCCCCCCCCCCCCCCC(=O)O)C(=O)O)C(=O)O)C(=O)O)C(=O)N[C@@H](CC)C(N)=O. The molecule has 9 amide bonds. The number of amides is 9. The Morgan fingerprint density at radius 3 is 1.15 bits per heavy atom. The highest BCUT2D eigenvalue weighted by Gasteiger charge is 2.26. The zero-order valence-electron chi connectivity index (χ0n) is 53.5. The minimum atomic E-state index is -1.51. The number of carbonyl (C=O) groups is 13. The van der Waals surface area contributed by atoms with Gasteiger partial charge in [0, 0.05) is 64.7 Å². The van der Waals surface area contributed by atoms with Gasteiger partial charge in [0.15, 0.2) is 7.98 Å². The highest BCUT2D eigenvalue weighted by atomic mass is 16.5. The second-order valence-electron chi connectivity index (χ2n) is 21.9. The zero-order chi connectivity index (χ0) is 67.9. The van der Waals surface area contributed by atoms with Gasteiger partial charge >= 0.3 is 23.9 Å². The number of nitrogens with one attached hydrogen (secondary N) is 9. The predicted octanol–water partition coefficient (Wildman–Crippen LogP) is -0.271. The molecule has 5 atom stereocenters. The number of unbranched alkanes of at least 4 members (excludes halogenated alkanes) is 14. The summed E-state index contributed by atoms with van der Waals surface area (Å²) in [5.41, 5.74) is 5.29. The first-order valence-corrected chi connectivity index (χ1v) is 32.0. The molecular formula is C59H105BN10O21. The van der Waals surface area contributed by atoms with Crippen LogP contribution in [0.25, 0.3) is 0 Å². The van der Waals surface area contributed by atoms with E-state index in [2.05, 4.69) is 47.8 Å². The van der Waals surface area contributed by atoms with Crippen molar-refractivity contribution in [2.75, 3.05) is 79.0 Å². The Labute approximate surface area is 534 Å². The Bertz CT molecular complexity index is 2170. The normalized spacial score (nSPS) is 12.6. The number of carboxylic acid groups (broad SMARTS) is 4. The fourth-order valence-electron chi connectivity index (χ4n) is 8.89. The molecule has 15 N–H and O–H groups in total. The summed E-state index contributed by atoms with van der Waals surface area (Å²) in [5, 5.41) is 60.4.